The van der Waals surface area contributed by atoms with E-state index in [-0.39, 0.29) is 23.6 Å². The first-order valence-corrected chi connectivity index (χ1v) is 8.93. The van der Waals surface area contributed by atoms with Gasteiger partial charge in [0.05, 0.1) is 11.8 Å². The van der Waals surface area contributed by atoms with Gasteiger partial charge in [-0.05, 0) is 24.8 Å². The summed E-state index contributed by atoms with van der Waals surface area (Å²) in [5, 5.41) is 2.85. The normalized spacial score (nSPS) is 19.7. The number of rotatable bonds is 4. The number of carbonyl (C=O) groups excluding carboxylic acids is 3. The van der Waals surface area contributed by atoms with Crippen LogP contribution in [0.4, 0.5) is 0 Å². The summed E-state index contributed by atoms with van der Waals surface area (Å²) in [5.74, 6) is -0.0337. The molecule has 25 heavy (non-hydrogen) atoms. The average molecular weight is 347 g/mol. The second-order valence-electron chi connectivity index (χ2n) is 6.85. The fourth-order valence-corrected chi connectivity index (χ4v) is 3.79. The van der Waals surface area contributed by atoms with Gasteiger partial charge >= 0.3 is 0 Å². The molecule has 1 aliphatic carbocycles. The van der Waals surface area contributed by atoms with Crippen LogP contribution in [0.25, 0.3) is 0 Å². The molecule has 1 aromatic rings. The van der Waals surface area contributed by atoms with E-state index in [2.05, 4.69) is 5.32 Å². The first-order chi connectivity index (χ1) is 12.1. The molecular weight excluding hydrogens is 322 g/mol. The standard InChI is InChI=1S/C18H25N3O4/c1-13(22)19-16(14-4-2-3-5-14)18(24)21-9-7-20(8-10-21)17(23)15-6-11-25-12-15/h6,11-12,14,16H,2-5,7-10H2,1H3,(H,19,22). The molecule has 1 N–H and O–H groups in total. The van der Waals surface area contributed by atoms with Crippen LogP contribution in [0, 0.1) is 5.92 Å². The minimum atomic E-state index is -0.434. The largest absolute Gasteiger partial charge is 0.472 e. The maximum atomic E-state index is 12.9. The van der Waals surface area contributed by atoms with Gasteiger partial charge in [-0.2, -0.15) is 0 Å². The molecule has 1 aliphatic heterocycles. The van der Waals surface area contributed by atoms with Crippen molar-refractivity contribution in [1.82, 2.24) is 15.1 Å². The molecule has 3 amide bonds. The number of hydrogen-bond donors (Lipinski definition) is 1. The monoisotopic (exact) mass is 347 g/mol. The molecule has 1 saturated heterocycles. The number of piperazine rings is 1. The first-order valence-electron chi connectivity index (χ1n) is 8.93. The summed E-state index contributed by atoms with van der Waals surface area (Å²) in [6, 6.07) is 1.21. The lowest BCUT2D eigenvalue weighted by molar-refractivity contribution is -0.138. The Hall–Kier alpha value is -2.31. The predicted molar refractivity (Wildman–Crippen MR) is 90.8 cm³/mol. The summed E-state index contributed by atoms with van der Waals surface area (Å²) >= 11 is 0. The van der Waals surface area contributed by atoms with Gasteiger partial charge in [-0.15, -0.1) is 0 Å². The minimum absolute atomic E-state index is 0.0162. The molecule has 136 valence electrons. The van der Waals surface area contributed by atoms with Crippen molar-refractivity contribution in [3.63, 3.8) is 0 Å². The maximum Gasteiger partial charge on any atom is 0.257 e. The van der Waals surface area contributed by atoms with Crippen LogP contribution < -0.4 is 5.32 Å². The number of amides is 3. The van der Waals surface area contributed by atoms with E-state index in [0.29, 0.717) is 31.7 Å². The molecule has 0 aromatic carbocycles. The van der Waals surface area contributed by atoms with Crippen LogP contribution >= 0.6 is 0 Å². The highest BCUT2D eigenvalue weighted by Gasteiger charge is 2.35. The Morgan fingerprint density at radius 3 is 2.32 bits per heavy atom. The summed E-state index contributed by atoms with van der Waals surface area (Å²) < 4.78 is 4.96. The molecular formula is C18H25N3O4. The van der Waals surface area contributed by atoms with Crippen molar-refractivity contribution >= 4 is 17.7 Å². The lowest BCUT2D eigenvalue weighted by Gasteiger charge is -2.37. The van der Waals surface area contributed by atoms with Crippen molar-refractivity contribution in [2.45, 2.75) is 38.6 Å². The van der Waals surface area contributed by atoms with Crippen LogP contribution in [0.15, 0.2) is 23.0 Å². The van der Waals surface area contributed by atoms with Crippen LogP contribution in [-0.2, 0) is 9.59 Å². The molecule has 3 rings (SSSR count). The molecule has 1 saturated carbocycles. The highest BCUT2D eigenvalue weighted by molar-refractivity contribution is 5.94. The second-order valence-corrected chi connectivity index (χ2v) is 6.85. The van der Waals surface area contributed by atoms with E-state index in [1.165, 1.54) is 19.5 Å². The number of carbonyl (C=O) groups is 3. The molecule has 1 atom stereocenters. The Morgan fingerprint density at radius 2 is 1.76 bits per heavy atom. The van der Waals surface area contributed by atoms with E-state index in [4.69, 9.17) is 4.42 Å². The molecule has 2 aliphatic rings. The van der Waals surface area contributed by atoms with E-state index in [1.807, 2.05) is 0 Å². The molecule has 7 nitrogen and oxygen atoms in total. The van der Waals surface area contributed by atoms with Crippen LogP contribution in [0.1, 0.15) is 43.0 Å². The van der Waals surface area contributed by atoms with Gasteiger partial charge in [0.2, 0.25) is 11.8 Å². The van der Waals surface area contributed by atoms with Gasteiger partial charge in [-0.25, -0.2) is 0 Å². The van der Waals surface area contributed by atoms with Crippen LogP contribution in [0.5, 0.6) is 0 Å². The fourth-order valence-electron chi connectivity index (χ4n) is 3.79. The SMILES string of the molecule is CC(=O)NC(C(=O)N1CCN(C(=O)c2ccoc2)CC1)C1CCCC1. The van der Waals surface area contributed by atoms with E-state index < -0.39 is 6.04 Å². The molecule has 0 spiro atoms. The van der Waals surface area contributed by atoms with Crippen molar-refractivity contribution in [1.29, 1.82) is 0 Å². The summed E-state index contributed by atoms with van der Waals surface area (Å²) in [7, 11) is 0. The van der Waals surface area contributed by atoms with Crippen LogP contribution in [0.3, 0.4) is 0 Å². The highest BCUT2D eigenvalue weighted by atomic mass is 16.3. The van der Waals surface area contributed by atoms with Gasteiger partial charge in [-0.3, -0.25) is 14.4 Å². The van der Waals surface area contributed by atoms with E-state index in [1.54, 1.807) is 15.9 Å². The summed E-state index contributed by atoms with van der Waals surface area (Å²) in [6.07, 6.45) is 7.10. The predicted octanol–water partition coefficient (Wildman–Crippen LogP) is 1.26. The molecule has 1 unspecified atom stereocenters. The van der Waals surface area contributed by atoms with Gasteiger partial charge in [0.25, 0.3) is 5.91 Å². The Morgan fingerprint density at radius 1 is 1.12 bits per heavy atom. The van der Waals surface area contributed by atoms with Gasteiger partial charge in [0.1, 0.15) is 12.3 Å². The third kappa shape index (κ3) is 4.03. The second kappa shape index (κ2) is 7.72. The number of nitrogens with zero attached hydrogens (tertiary/aromatic N) is 2. The average Bonchev–Trinajstić information content (AvgIpc) is 3.31. The van der Waals surface area contributed by atoms with Gasteiger partial charge in [0, 0.05) is 33.1 Å². The Labute approximate surface area is 147 Å². The fraction of sp³-hybridized carbons (Fsp3) is 0.611. The third-order valence-electron chi connectivity index (χ3n) is 5.14. The summed E-state index contributed by atoms with van der Waals surface area (Å²) in [4.78, 5) is 40.3. The first kappa shape index (κ1) is 17.5. The number of hydrogen-bond acceptors (Lipinski definition) is 4. The molecule has 0 radical (unpaired) electrons. The lowest BCUT2D eigenvalue weighted by atomic mass is 9.96. The molecule has 1 aromatic heterocycles. The highest BCUT2D eigenvalue weighted by Crippen LogP contribution is 2.29. The van der Waals surface area contributed by atoms with Crippen molar-refractivity contribution < 1.29 is 18.8 Å². The number of nitrogens with one attached hydrogen (secondary N) is 1. The maximum absolute atomic E-state index is 12.9. The number of furan rings is 1. The van der Waals surface area contributed by atoms with Crippen molar-refractivity contribution in [2.75, 3.05) is 26.2 Å². The topological polar surface area (TPSA) is 82.9 Å². The zero-order chi connectivity index (χ0) is 17.8. The van der Waals surface area contributed by atoms with Crippen LogP contribution in [-0.4, -0.2) is 59.7 Å². The molecule has 0 bridgehead atoms. The Balaban J connectivity index is 1.59. The quantitative estimate of drug-likeness (QED) is 0.889. The third-order valence-corrected chi connectivity index (χ3v) is 5.14. The zero-order valence-corrected chi connectivity index (χ0v) is 14.6. The lowest BCUT2D eigenvalue weighted by Crippen LogP contribution is -2.57. The summed E-state index contributed by atoms with van der Waals surface area (Å²) in [5.41, 5.74) is 0.529. The molecule has 7 heteroatoms. The smallest absolute Gasteiger partial charge is 0.257 e. The Bertz CT molecular complexity index is 614. The summed E-state index contributed by atoms with van der Waals surface area (Å²) in [6.45, 7) is 3.42. The van der Waals surface area contributed by atoms with E-state index in [0.717, 1.165) is 25.7 Å². The van der Waals surface area contributed by atoms with Crippen molar-refractivity contribution in [3.8, 4) is 0 Å². The molecule has 2 fully saturated rings. The van der Waals surface area contributed by atoms with Crippen molar-refractivity contribution in [3.05, 3.63) is 24.2 Å². The van der Waals surface area contributed by atoms with Gasteiger partial charge in [0.15, 0.2) is 0 Å². The van der Waals surface area contributed by atoms with Crippen molar-refractivity contribution in [2.24, 2.45) is 5.92 Å². The van der Waals surface area contributed by atoms with E-state index >= 15 is 0 Å². The van der Waals surface area contributed by atoms with Crippen LogP contribution in [0.2, 0.25) is 0 Å². The minimum Gasteiger partial charge on any atom is -0.472 e. The van der Waals surface area contributed by atoms with E-state index in [9.17, 15) is 14.4 Å². The molecule has 2 heterocycles. The Kier molecular flexibility index (Phi) is 5.40. The zero-order valence-electron chi connectivity index (χ0n) is 14.6. The van der Waals surface area contributed by atoms with Gasteiger partial charge in [-0.1, -0.05) is 12.8 Å². The van der Waals surface area contributed by atoms with Gasteiger partial charge < -0.3 is 19.5 Å².